The van der Waals surface area contributed by atoms with E-state index in [1.807, 2.05) is 84.9 Å². The molecule has 38 heavy (non-hydrogen) atoms. The summed E-state index contributed by atoms with van der Waals surface area (Å²) in [5.41, 5.74) is 4.50. The van der Waals surface area contributed by atoms with E-state index in [2.05, 4.69) is 4.72 Å². The van der Waals surface area contributed by atoms with Crippen LogP contribution >= 0.6 is 0 Å². The van der Waals surface area contributed by atoms with Crippen molar-refractivity contribution in [3.8, 4) is 28.0 Å². The van der Waals surface area contributed by atoms with Gasteiger partial charge in [0.25, 0.3) is 15.9 Å². The smallest absolute Gasteiger partial charge is 0.264 e. The van der Waals surface area contributed by atoms with Crippen LogP contribution < -0.4 is 9.46 Å². The second kappa shape index (κ2) is 11.2. The standard InChI is InChI=1S/C32H25NO4S/c34-32(26-16-8-3-9-17-26)33-38(35,36)27-20-21-28(30(22-27)25-14-6-2-7-15-25)29-18-10-11-19-31(29)37-23-24-12-4-1-5-13-24/h1-22H,23H2,(H,33,34). The van der Waals surface area contributed by atoms with Crippen molar-refractivity contribution in [3.63, 3.8) is 0 Å². The van der Waals surface area contributed by atoms with Crippen LogP contribution in [-0.4, -0.2) is 14.3 Å². The van der Waals surface area contributed by atoms with E-state index >= 15 is 0 Å². The van der Waals surface area contributed by atoms with Gasteiger partial charge in [-0.3, -0.25) is 4.79 Å². The van der Waals surface area contributed by atoms with E-state index in [0.717, 1.165) is 22.3 Å². The van der Waals surface area contributed by atoms with Crippen LogP contribution in [0.15, 0.2) is 138 Å². The molecule has 5 aromatic rings. The molecule has 5 aromatic carbocycles. The Bertz CT molecular complexity index is 1650. The second-order valence-corrected chi connectivity index (χ2v) is 10.3. The predicted octanol–water partition coefficient (Wildman–Crippen LogP) is 6.72. The van der Waals surface area contributed by atoms with Gasteiger partial charge in [0, 0.05) is 11.1 Å². The first kappa shape index (κ1) is 25.0. The van der Waals surface area contributed by atoms with Crippen molar-refractivity contribution in [1.82, 2.24) is 4.72 Å². The minimum absolute atomic E-state index is 0.00734. The quantitative estimate of drug-likeness (QED) is 0.247. The van der Waals surface area contributed by atoms with Crippen LogP contribution in [0.25, 0.3) is 22.3 Å². The normalized spacial score (nSPS) is 11.1. The molecule has 5 nitrogen and oxygen atoms in total. The fourth-order valence-electron chi connectivity index (χ4n) is 4.16. The SMILES string of the molecule is O=C(NS(=O)(=O)c1ccc(-c2ccccc2OCc2ccccc2)c(-c2ccccc2)c1)c1ccccc1. The van der Waals surface area contributed by atoms with Crippen molar-refractivity contribution in [2.75, 3.05) is 0 Å². The molecule has 0 radical (unpaired) electrons. The summed E-state index contributed by atoms with van der Waals surface area (Å²) >= 11 is 0. The van der Waals surface area contributed by atoms with Crippen molar-refractivity contribution < 1.29 is 17.9 Å². The van der Waals surface area contributed by atoms with Gasteiger partial charge in [0.1, 0.15) is 12.4 Å². The Morgan fingerprint density at radius 3 is 1.95 bits per heavy atom. The largest absolute Gasteiger partial charge is 0.488 e. The van der Waals surface area contributed by atoms with E-state index in [4.69, 9.17) is 4.74 Å². The number of sulfonamides is 1. The van der Waals surface area contributed by atoms with E-state index in [1.165, 1.54) is 6.07 Å². The molecular formula is C32H25NO4S. The highest BCUT2D eigenvalue weighted by molar-refractivity contribution is 7.90. The number of hydrogen-bond donors (Lipinski definition) is 1. The van der Waals surface area contributed by atoms with Gasteiger partial charge in [-0.05, 0) is 52.6 Å². The summed E-state index contributed by atoms with van der Waals surface area (Å²) in [6.45, 7) is 0.399. The Morgan fingerprint density at radius 1 is 0.632 bits per heavy atom. The van der Waals surface area contributed by atoms with Crippen LogP contribution in [0.3, 0.4) is 0 Å². The Labute approximate surface area is 222 Å². The van der Waals surface area contributed by atoms with E-state index in [9.17, 15) is 13.2 Å². The van der Waals surface area contributed by atoms with Gasteiger partial charge in [0.05, 0.1) is 4.90 Å². The summed E-state index contributed by atoms with van der Waals surface area (Å²) in [4.78, 5) is 12.6. The fourth-order valence-corrected chi connectivity index (χ4v) is 5.16. The van der Waals surface area contributed by atoms with Crippen molar-refractivity contribution >= 4 is 15.9 Å². The molecule has 0 saturated heterocycles. The van der Waals surface area contributed by atoms with Gasteiger partial charge in [-0.1, -0.05) is 103 Å². The Balaban J connectivity index is 1.54. The lowest BCUT2D eigenvalue weighted by Crippen LogP contribution is -2.30. The Morgan fingerprint density at radius 2 is 1.24 bits per heavy atom. The average Bonchev–Trinajstić information content (AvgIpc) is 2.97. The highest BCUT2D eigenvalue weighted by Crippen LogP contribution is 2.38. The summed E-state index contributed by atoms with van der Waals surface area (Å²) in [5.74, 6) is -0.00267. The first-order chi connectivity index (χ1) is 18.5. The molecular weight excluding hydrogens is 494 g/mol. The average molecular weight is 520 g/mol. The molecule has 1 amide bonds. The molecule has 0 aliphatic heterocycles. The van der Waals surface area contributed by atoms with Crippen LogP contribution in [0.4, 0.5) is 0 Å². The molecule has 0 saturated carbocycles. The van der Waals surface area contributed by atoms with Crippen LogP contribution in [0.2, 0.25) is 0 Å². The van der Waals surface area contributed by atoms with Crippen LogP contribution in [0.1, 0.15) is 15.9 Å². The molecule has 0 spiro atoms. The van der Waals surface area contributed by atoms with Gasteiger partial charge in [-0.2, -0.15) is 0 Å². The molecule has 0 aliphatic carbocycles. The monoisotopic (exact) mass is 519 g/mol. The van der Waals surface area contributed by atoms with Crippen LogP contribution in [0, 0.1) is 0 Å². The van der Waals surface area contributed by atoms with Gasteiger partial charge in [-0.25, -0.2) is 13.1 Å². The number of ether oxygens (including phenoxy) is 1. The summed E-state index contributed by atoms with van der Waals surface area (Å²) < 4.78 is 34.8. The number of nitrogens with one attached hydrogen (secondary N) is 1. The maximum absolute atomic E-state index is 13.2. The van der Waals surface area contributed by atoms with Crippen LogP contribution in [0.5, 0.6) is 5.75 Å². The van der Waals surface area contributed by atoms with Gasteiger partial charge < -0.3 is 4.74 Å². The van der Waals surface area contributed by atoms with E-state index in [0.29, 0.717) is 17.9 Å². The maximum atomic E-state index is 13.2. The number of rotatable bonds is 8. The lowest BCUT2D eigenvalue weighted by atomic mass is 9.94. The van der Waals surface area contributed by atoms with Gasteiger partial charge in [-0.15, -0.1) is 0 Å². The lowest BCUT2D eigenvalue weighted by Gasteiger charge is -2.17. The Kier molecular flexibility index (Phi) is 7.33. The molecule has 1 N–H and O–H groups in total. The zero-order chi connectivity index (χ0) is 26.4. The summed E-state index contributed by atoms with van der Waals surface area (Å²) in [6, 6.07) is 40.2. The molecule has 6 heteroatoms. The van der Waals surface area contributed by atoms with Crippen molar-refractivity contribution in [2.45, 2.75) is 11.5 Å². The van der Waals surface area contributed by atoms with E-state index in [1.54, 1.807) is 42.5 Å². The third-order valence-electron chi connectivity index (χ3n) is 6.06. The van der Waals surface area contributed by atoms with Gasteiger partial charge in [0.2, 0.25) is 0 Å². The molecule has 5 rings (SSSR count). The maximum Gasteiger partial charge on any atom is 0.264 e. The molecule has 0 bridgehead atoms. The van der Waals surface area contributed by atoms with E-state index in [-0.39, 0.29) is 10.5 Å². The van der Waals surface area contributed by atoms with Crippen LogP contribution in [-0.2, 0) is 16.6 Å². The minimum Gasteiger partial charge on any atom is -0.488 e. The number of carbonyl (C=O) groups excluding carboxylic acids is 1. The third-order valence-corrected chi connectivity index (χ3v) is 7.39. The predicted molar refractivity (Wildman–Crippen MR) is 149 cm³/mol. The summed E-state index contributed by atoms with van der Waals surface area (Å²) in [5, 5.41) is 0. The molecule has 0 aromatic heterocycles. The summed E-state index contributed by atoms with van der Waals surface area (Å²) in [6.07, 6.45) is 0. The zero-order valence-electron chi connectivity index (χ0n) is 20.5. The van der Waals surface area contributed by atoms with Crippen molar-refractivity contribution in [3.05, 3.63) is 145 Å². The molecule has 0 unspecified atom stereocenters. The van der Waals surface area contributed by atoms with Crippen molar-refractivity contribution in [1.29, 1.82) is 0 Å². The number of benzene rings is 5. The highest BCUT2D eigenvalue weighted by atomic mass is 32.2. The molecule has 0 heterocycles. The zero-order valence-corrected chi connectivity index (χ0v) is 21.3. The third kappa shape index (κ3) is 5.66. The molecule has 0 aliphatic rings. The fraction of sp³-hybridized carbons (Fsp3) is 0.0312. The Hall–Kier alpha value is -4.68. The molecule has 0 atom stereocenters. The lowest BCUT2D eigenvalue weighted by molar-refractivity contribution is 0.0981. The second-order valence-electron chi connectivity index (χ2n) is 8.64. The van der Waals surface area contributed by atoms with E-state index < -0.39 is 15.9 Å². The number of carbonyl (C=O) groups is 1. The first-order valence-corrected chi connectivity index (χ1v) is 13.6. The number of hydrogen-bond acceptors (Lipinski definition) is 4. The molecule has 188 valence electrons. The van der Waals surface area contributed by atoms with Gasteiger partial charge >= 0.3 is 0 Å². The topological polar surface area (TPSA) is 72.5 Å². The summed E-state index contributed by atoms with van der Waals surface area (Å²) in [7, 11) is -4.12. The van der Waals surface area contributed by atoms with Gasteiger partial charge in [0.15, 0.2) is 0 Å². The molecule has 0 fully saturated rings. The number of amides is 1. The first-order valence-electron chi connectivity index (χ1n) is 12.1. The number of para-hydroxylation sites is 1. The minimum atomic E-state index is -4.12. The van der Waals surface area contributed by atoms with Crippen molar-refractivity contribution in [2.24, 2.45) is 0 Å². The highest BCUT2D eigenvalue weighted by Gasteiger charge is 2.22.